The largest absolute Gasteiger partial charge is 0.457 e. The van der Waals surface area contributed by atoms with Gasteiger partial charge in [0.25, 0.3) is 0 Å². The van der Waals surface area contributed by atoms with Crippen LogP contribution in [0.3, 0.4) is 0 Å². The molecule has 3 aromatic rings. The van der Waals surface area contributed by atoms with E-state index in [0.29, 0.717) is 11.1 Å². The predicted molar refractivity (Wildman–Crippen MR) is 97.4 cm³/mol. The molecule has 3 nitrogen and oxygen atoms in total. The van der Waals surface area contributed by atoms with Gasteiger partial charge in [0, 0.05) is 5.56 Å². The van der Waals surface area contributed by atoms with Crippen molar-refractivity contribution >= 4 is 11.8 Å². The van der Waals surface area contributed by atoms with Gasteiger partial charge in [0.15, 0.2) is 5.78 Å². The van der Waals surface area contributed by atoms with E-state index in [4.69, 9.17) is 4.74 Å². The maximum Gasteiger partial charge on any atom is 0.338 e. The van der Waals surface area contributed by atoms with Crippen molar-refractivity contribution < 1.29 is 14.3 Å². The zero-order valence-electron chi connectivity index (χ0n) is 13.9. The normalized spacial score (nSPS) is 10.3. The second-order valence-corrected chi connectivity index (χ2v) is 5.77. The van der Waals surface area contributed by atoms with E-state index in [1.165, 1.54) is 0 Å². The highest BCUT2D eigenvalue weighted by atomic mass is 16.5. The summed E-state index contributed by atoms with van der Waals surface area (Å²) in [5, 5.41) is 0. The van der Waals surface area contributed by atoms with E-state index in [-0.39, 0.29) is 18.4 Å². The van der Waals surface area contributed by atoms with Crippen LogP contribution in [-0.4, -0.2) is 11.8 Å². The quantitative estimate of drug-likeness (QED) is 0.493. The number of benzene rings is 3. The zero-order valence-corrected chi connectivity index (χ0v) is 13.9. The monoisotopic (exact) mass is 330 g/mol. The summed E-state index contributed by atoms with van der Waals surface area (Å²) in [4.78, 5) is 23.5. The highest BCUT2D eigenvalue weighted by Gasteiger charge is 2.08. The third-order valence-corrected chi connectivity index (χ3v) is 3.96. The molecule has 0 spiro atoms. The number of esters is 1. The molecule has 0 aliphatic carbocycles. The molecule has 0 unspecified atom stereocenters. The summed E-state index contributed by atoms with van der Waals surface area (Å²) < 4.78 is 5.33. The van der Waals surface area contributed by atoms with Gasteiger partial charge in [-0.3, -0.25) is 4.79 Å². The lowest BCUT2D eigenvalue weighted by Gasteiger charge is -2.07. The lowest BCUT2D eigenvalue weighted by Crippen LogP contribution is -2.05. The fourth-order valence-electron chi connectivity index (χ4n) is 2.50. The molecule has 0 bridgehead atoms. The minimum absolute atomic E-state index is 0.0445. The van der Waals surface area contributed by atoms with Crippen LogP contribution in [0, 0.1) is 0 Å². The van der Waals surface area contributed by atoms with Crippen LogP contribution >= 0.6 is 0 Å². The maximum atomic E-state index is 12.1. The van der Waals surface area contributed by atoms with Gasteiger partial charge in [0.2, 0.25) is 0 Å². The number of carbonyl (C=O) groups excluding carboxylic acids is 2. The average molecular weight is 330 g/mol. The average Bonchev–Trinajstić information content (AvgIpc) is 2.67. The Labute approximate surface area is 146 Å². The van der Waals surface area contributed by atoms with E-state index in [9.17, 15) is 9.59 Å². The molecule has 124 valence electrons. The summed E-state index contributed by atoms with van der Waals surface area (Å²) in [6.07, 6.45) is 0. The van der Waals surface area contributed by atoms with Crippen molar-refractivity contribution in [2.24, 2.45) is 0 Å². The standard InChI is InChI=1S/C22H18O3/c1-16(23)18-7-9-19(10-8-18)20-11-13-21(14-12-20)22(24)25-15-17-5-3-2-4-6-17/h2-14H,15H2,1H3. The molecule has 0 saturated carbocycles. The molecule has 25 heavy (non-hydrogen) atoms. The molecule has 0 saturated heterocycles. The van der Waals surface area contributed by atoms with Gasteiger partial charge in [-0.15, -0.1) is 0 Å². The van der Waals surface area contributed by atoms with E-state index in [2.05, 4.69) is 0 Å². The Morgan fingerprint density at radius 1 is 0.720 bits per heavy atom. The van der Waals surface area contributed by atoms with Gasteiger partial charge in [-0.1, -0.05) is 66.7 Å². The fraction of sp³-hybridized carbons (Fsp3) is 0.0909. The maximum absolute atomic E-state index is 12.1. The number of rotatable bonds is 5. The molecule has 3 rings (SSSR count). The van der Waals surface area contributed by atoms with Crippen LogP contribution in [0.2, 0.25) is 0 Å². The van der Waals surface area contributed by atoms with E-state index < -0.39 is 0 Å². The number of ether oxygens (including phenoxy) is 1. The SMILES string of the molecule is CC(=O)c1ccc(-c2ccc(C(=O)OCc3ccccc3)cc2)cc1. The summed E-state index contributed by atoms with van der Waals surface area (Å²) >= 11 is 0. The first-order chi connectivity index (χ1) is 12.1. The first-order valence-corrected chi connectivity index (χ1v) is 8.06. The van der Waals surface area contributed by atoms with Crippen LogP contribution in [-0.2, 0) is 11.3 Å². The zero-order chi connectivity index (χ0) is 17.6. The van der Waals surface area contributed by atoms with Crippen molar-refractivity contribution in [3.8, 4) is 11.1 Å². The molecule has 0 atom stereocenters. The van der Waals surface area contributed by atoms with Gasteiger partial charge in [0.1, 0.15) is 6.61 Å². The Bertz CT molecular complexity index is 863. The van der Waals surface area contributed by atoms with Crippen LogP contribution in [0.5, 0.6) is 0 Å². The summed E-state index contributed by atoms with van der Waals surface area (Å²) in [6.45, 7) is 1.80. The van der Waals surface area contributed by atoms with Gasteiger partial charge in [-0.05, 0) is 35.7 Å². The summed E-state index contributed by atoms with van der Waals surface area (Å²) in [7, 11) is 0. The Balaban J connectivity index is 1.67. The molecular weight excluding hydrogens is 312 g/mol. The fourth-order valence-corrected chi connectivity index (χ4v) is 2.50. The third-order valence-electron chi connectivity index (χ3n) is 3.96. The summed E-state index contributed by atoms with van der Waals surface area (Å²) in [6, 6.07) is 24.3. The van der Waals surface area contributed by atoms with Gasteiger partial charge < -0.3 is 4.74 Å². The van der Waals surface area contributed by atoms with E-state index in [1.807, 2.05) is 54.6 Å². The Morgan fingerprint density at radius 2 is 1.24 bits per heavy atom. The van der Waals surface area contributed by atoms with Crippen molar-refractivity contribution in [3.63, 3.8) is 0 Å². The molecule has 3 heteroatoms. The van der Waals surface area contributed by atoms with Gasteiger partial charge >= 0.3 is 5.97 Å². The van der Waals surface area contributed by atoms with Crippen molar-refractivity contribution in [2.45, 2.75) is 13.5 Å². The second kappa shape index (κ2) is 7.58. The Morgan fingerprint density at radius 3 is 1.76 bits per heavy atom. The van der Waals surface area contributed by atoms with Crippen molar-refractivity contribution in [1.29, 1.82) is 0 Å². The van der Waals surface area contributed by atoms with Crippen molar-refractivity contribution in [1.82, 2.24) is 0 Å². The molecule has 3 aromatic carbocycles. The highest BCUT2D eigenvalue weighted by molar-refractivity contribution is 5.94. The molecular formula is C22H18O3. The Hall–Kier alpha value is -3.20. The first-order valence-electron chi connectivity index (χ1n) is 8.06. The molecule has 0 radical (unpaired) electrons. The lowest BCUT2D eigenvalue weighted by molar-refractivity contribution is 0.0472. The van der Waals surface area contributed by atoms with E-state index in [1.54, 1.807) is 31.2 Å². The minimum Gasteiger partial charge on any atom is -0.457 e. The summed E-state index contributed by atoms with van der Waals surface area (Å²) in [5.74, 6) is -0.301. The summed E-state index contributed by atoms with van der Waals surface area (Å²) in [5.41, 5.74) is 4.13. The molecule has 0 N–H and O–H groups in total. The number of carbonyl (C=O) groups is 2. The first kappa shape index (κ1) is 16.7. The van der Waals surface area contributed by atoms with Crippen LogP contribution in [0.4, 0.5) is 0 Å². The number of hydrogen-bond donors (Lipinski definition) is 0. The van der Waals surface area contributed by atoms with E-state index >= 15 is 0 Å². The predicted octanol–water partition coefficient (Wildman–Crippen LogP) is 4.91. The highest BCUT2D eigenvalue weighted by Crippen LogP contribution is 2.21. The number of Topliss-reactive ketones (excluding diaryl/α,β-unsaturated/α-hetero) is 1. The number of hydrogen-bond acceptors (Lipinski definition) is 3. The Kier molecular flexibility index (Phi) is 5.05. The number of ketones is 1. The molecule has 0 fully saturated rings. The van der Waals surface area contributed by atoms with Crippen molar-refractivity contribution in [2.75, 3.05) is 0 Å². The van der Waals surface area contributed by atoms with Gasteiger partial charge in [0.05, 0.1) is 5.56 Å². The lowest BCUT2D eigenvalue weighted by atomic mass is 10.0. The van der Waals surface area contributed by atoms with Crippen LogP contribution in [0.25, 0.3) is 11.1 Å². The van der Waals surface area contributed by atoms with Crippen molar-refractivity contribution in [3.05, 3.63) is 95.6 Å². The molecule has 0 aromatic heterocycles. The topological polar surface area (TPSA) is 43.4 Å². The second-order valence-electron chi connectivity index (χ2n) is 5.77. The van der Waals surface area contributed by atoms with E-state index in [0.717, 1.165) is 16.7 Å². The van der Waals surface area contributed by atoms with Gasteiger partial charge in [-0.25, -0.2) is 4.79 Å². The smallest absolute Gasteiger partial charge is 0.338 e. The molecule has 0 heterocycles. The van der Waals surface area contributed by atoms with Gasteiger partial charge in [-0.2, -0.15) is 0 Å². The molecule has 0 aliphatic heterocycles. The van der Waals surface area contributed by atoms with Crippen LogP contribution < -0.4 is 0 Å². The molecule has 0 aliphatic rings. The third kappa shape index (κ3) is 4.21. The minimum atomic E-state index is -0.345. The van der Waals surface area contributed by atoms with Crippen LogP contribution in [0.1, 0.15) is 33.2 Å². The van der Waals surface area contributed by atoms with Crippen LogP contribution in [0.15, 0.2) is 78.9 Å². The molecule has 0 amide bonds.